The Bertz CT molecular complexity index is 976. The predicted molar refractivity (Wildman–Crippen MR) is 107 cm³/mol. The third-order valence-corrected chi connectivity index (χ3v) is 4.51. The number of nitrogens with zero attached hydrogens (tertiary/aromatic N) is 2. The van der Waals surface area contributed by atoms with Crippen LogP contribution in [0.15, 0.2) is 72.8 Å². The molecule has 0 fully saturated rings. The van der Waals surface area contributed by atoms with Crippen molar-refractivity contribution in [3.8, 4) is 0 Å². The van der Waals surface area contributed by atoms with Gasteiger partial charge in [-0.1, -0.05) is 53.5 Å². The molecule has 0 aliphatic carbocycles. The Balaban J connectivity index is 1.96. The maximum absolute atomic E-state index is 13.1. The van der Waals surface area contributed by atoms with Gasteiger partial charge in [0.2, 0.25) is 0 Å². The molecular formula is C20H14Cl2N2O3. The maximum atomic E-state index is 13.1. The van der Waals surface area contributed by atoms with Crippen molar-refractivity contribution >= 4 is 40.5 Å². The number of rotatable bonds is 5. The Kier molecular flexibility index (Phi) is 5.74. The number of nitro benzene ring substituents is 1. The van der Waals surface area contributed by atoms with Crippen molar-refractivity contribution in [1.82, 2.24) is 0 Å². The molecule has 0 aromatic heterocycles. The first-order valence-corrected chi connectivity index (χ1v) is 8.76. The van der Waals surface area contributed by atoms with Crippen LogP contribution in [0.2, 0.25) is 10.0 Å². The van der Waals surface area contributed by atoms with E-state index in [1.807, 2.05) is 30.3 Å². The minimum absolute atomic E-state index is 0.00270. The number of anilines is 1. The molecule has 0 spiro atoms. The summed E-state index contributed by atoms with van der Waals surface area (Å²) in [6, 6.07) is 19.9. The highest BCUT2D eigenvalue weighted by atomic mass is 35.5. The van der Waals surface area contributed by atoms with Crippen molar-refractivity contribution in [3.05, 3.63) is 104 Å². The van der Waals surface area contributed by atoms with Gasteiger partial charge in [-0.05, 0) is 35.9 Å². The molecule has 0 unspecified atom stereocenters. The summed E-state index contributed by atoms with van der Waals surface area (Å²) in [7, 11) is 0. The Labute approximate surface area is 165 Å². The van der Waals surface area contributed by atoms with Crippen molar-refractivity contribution in [2.75, 3.05) is 4.90 Å². The summed E-state index contributed by atoms with van der Waals surface area (Å²) in [4.78, 5) is 25.1. The summed E-state index contributed by atoms with van der Waals surface area (Å²) >= 11 is 12.1. The summed E-state index contributed by atoms with van der Waals surface area (Å²) in [5.41, 5.74) is 1.76. The van der Waals surface area contributed by atoms with E-state index < -0.39 is 4.92 Å². The highest BCUT2D eigenvalue weighted by Crippen LogP contribution is 2.26. The van der Waals surface area contributed by atoms with Crippen LogP contribution in [-0.4, -0.2) is 10.8 Å². The first kappa shape index (κ1) is 18.9. The lowest BCUT2D eigenvalue weighted by molar-refractivity contribution is -0.384. The van der Waals surface area contributed by atoms with Crippen LogP contribution in [0.25, 0.3) is 0 Å². The van der Waals surface area contributed by atoms with E-state index in [-0.39, 0.29) is 23.2 Å². The van der Waals surface area contributed by atoms with E-state index in [1.54, 1.807) is 29.2 Å². The quantitative estimate of drug-likeness (QED) is 0.404. The van der Waals surface area contributed by atoms with Crippen LogP contribution < -0.4 is 4.90 Å². The van der Waals surface area contributed by atoms with Gasteiger partial charge in [0.15, 0.2) is 0 Å². The van der Waals surface area contributed by atoms with Crippen molar-refractivity contribution in [1.29, 1.82) is 0 Å². The molecule has 0 atom stereocenters. The molecule has 0 aliphatic heterocycles. The molecule has 3 aromatic rings. The SMILES string of the molecule is O=C(c1ccc(Cl)cc1Cl)N(Cc1ccc([N+](=O)[O-])cc1)c1ccccc1. The third kappa shape index (κ3) is 4.45. The normalized spacial score (nSPS) is 10.4. The monoisotopic (exact) mass is 400 g/mol. The average molecular weight is 401 g/mol. The number of nitro groups is 1. The van der Waals surface area contributed by atoms with Crippen LogP contribution in [0, 0.1) is 10.1 Å². The summed E-state index contributed by atoms with van der Waals surface area (Å²) < 4.78 is 0. The Morgan fingerprint density at radius 1 is 0.963 bits per heavy atom. The van der Waals surface area contributed by atoms with Gasteiger partial charge in [0.05, 0.1) is 22.1 Å². The Morgan fingerprint density at radius 2 is 1.63 bits per heavy atom. The van der Waals surface area contributed by atoms with Crippen LogP contribution in [0.3, 0.4) is 0 Å². The second kappa shape index (κ2) is 8.20. The van der Waals surface area contributed by atoms with Gasteiger partial charge < -0.3 is 4.90 Å². The highest BCUT2D eigenvalue weighted by molar-refractivity contribution is 6.37. The lowest BCUT2D eigenvalue weighted by Gasteiger charge is -2.23. The molecule has 3 rings (SSSR count). The number of para-hydroxylation sites is 1. The topological polar surface area (TPSA) is 63.5 Å². The molecule has 0 bridgehead atoms. The minimum Gasteiger partial charge on any atom is -0.304 e. The molecule has 1 amide bonds. The van der Waals surface area contributed by atoms with Crippen LogP contribution in [0.1, 0.15) is 15.9 Å². The molecule has 136 valence electrons. The van der Waals surface area contributed by atoms with Crippen molar-refractivity contribution in [3.63, 3.8) is 0 Å². The predicted octanol–water partition coefficient (Wildman–Crippen LogP) is 5.75. The average Bonchev–Trinajstić information content (AvgIpc) is 2.66. The molecule has 7 heteroatoms. The standard InChI is InChI=1S/C20H14Cl2N2O3/c21-15-8-11-18(19(22)12-15)20(25)23(16-4-2-1-3-5-16)13-14-6-9-17(10-7-14)24(26)27/h1-12H,13H2. The van der Waals surface area contributed by atoms with E-state index in [0.717, 1.165) is 5.56 Å². The zero-order valence-electron chi connectivity index (χ0n) is 14.0. The number of hydrogen-bond donors (Lipinski definition) is 0. The van der Waals surface area contributed by atoms with Gasteiger partial charge in [-0.3, -0.25) is 14.9 Å². The van der Waals surface area contributed by atoms with Gasteiger partial charge >= 0.3 is 0 Å². The number of halogens is 2. The molecule has 0 saturated heterocycles. The second-order valence-electron chi connectivity index (χ2n) is 5.77. The van der Waals surface area contributed by atoms with E-state index in [1.165, 1.54) is 18.2 Å². The van der Waals surface area contributed by atoms with Crippen LogP contribution in [0.5, 0.6) is 0 Å². The maximum Gasteiger partial charge on any atom is 0.269 e. The largest absolute Gasteiger partial charge is 0.304 e. The summed E-state index contributed by atoms with van der Waals surface area (Å²) in [5, 5.41) is 11.5. The number of non-ortho nitro benzene ring substituents is 1. The van der Waals surface area contributed by atoms with Gasteiger partial charge in [0.25, 0.3) is 11.6 Å². The Morgan fingerprint density at radius 3 is 2.22 bits per heavy atom. The lowest BCUT2D eigenvalue weighted by Crippen LogP contribution is -2.30. The Hall–Kier alpha value is -2.89. The van der Waals surface area contributed by atoms with Crippen LogP contribution in [-0.2, 0) is 6.54 Å². The van der Waals surface area contributed by atoms with Gasteiger partial charge in [-0.15, -0.1) is 0 Å². The van der Waals surface area contributed by atoms with Gasteiger partial charge in [-0.2, -0.15) is 0 Å². The van der Waals surface area contributed by atoms with E-state index in [0.29, 0.717) is 16.3 Å². The molecule has 0 heterocycles. The first-order chi connectivity index (χ1) is 13.0. The summed E-state index contributed by atoms with van der Waals surface area (Å²) in [6.07, 6.45) is 0. The summed E-state index contributed by atoms with van der Waals surface area (Å²) in [6.45, 7) is 0.236. The molecule has 0 radical (unpaired) electrons. The van der Waals surface area contributed by atoms with E-state index in [2.05, 4.69) is 0 Å². The number of carbonyl (C=O) groups is 1. The molecule has 27 heavy (non-hydrogen) atoms. The van der Waals surface area contributed by atoms with E-state index in [4.69, 9.17) is 23.2 Å². The molecule has 3 aromatic carbocycles. The second-order valence-corrected chi connectivity index (χ2v) is 6.62. The fourth-order valence-electron chi connectivity index (χ4n) is 2.60. The number of carbonyl (C=O) groups excluding carboxylic acids is 1. The zero-order valence-corrected chi connectivity index (χ0v) is 15.5. The molecule has 0 aliphatic rings. The number of benzene rings is 3. The van der Waals surface area contributed by atoms with Gasteiger partial charge in [0.1, 0.15) is 0 Å². The smallest absolute Gasteiger partial charge is 0.269 e. The molecule has 0 N–H and O–H groups in total. The molecule has 5 nitrogen and oxygen atoms in total. The number of amides is 1. The van der Waals surface area contributed by atoms with Crippen LogP contribution in [0.4, 0.5) is 11.4 Å². The molecule has 0 saturated carbocycles. The summed E-state index contributed by atoms with van der Waals surface area (Å²) in [5.74, 6) is -0.291. The van der Waals surface area contributed by atoms with Crippen LogP contribution >= 0.6 is 23.2 Å². The van der Waals surface area contributed by atoms with Gasteiger partial charge in [0, 0.05) is 22.8 Å². The van der Waals surface area contributed by atoms with Gasteiger partial charge in [-0.25, -0.2) is 0 Å². The fourth-order valence-corrected chi connectivity index (χ4v) is 3.09. The van der Waals surface area contributed by atoms with Crippen molar-refractivity contribution < 1.29 is 9.72 Å². The minimum atomic E-state index is -0.461. The van der Waals surface area contributed by atoms with Crippen molar-refractivity contribution in [2.24, 2.45) is 0 Å². The number of hydrogen-bond acceptors (Lipinski definition) is 3. The van der Waals surface area contributed by atoms with Crippen molar-refractivity contribution in [2.45, 2.75) is 6.54 Å². The highest BCUT2D eigenvalue weighted by Gasteiger charge is 2.21. The van der Waals surface area contributed by atoms with E-state index in [9.17, 15) is 14.9 Å². The van der Waals surface area contributed by atoms with E-state index >= 15 is 0 Å². The third-order valence-electron chi connectivity index (χ3n) is 3.96. The molecular weight excluding hydrogens is 387 g/mol. The fraction of sp³-hybridized carbons (Fsp3) is 0.0500. The lowest BCUT2D eigenvalue weighted by atomic mass is 10.1. The zero-order chi connectivity index (χ0) is 19.4. The first-order valence-electron chi connectivity index (χ1n) is 8.01.